The number of ether oxygens (including phenoxy) is 2. The maximum absolute atomic E-state index is 12.6. The quantitative estimate of drug-likeness (QED) is 0.529. The number of amides is 1. The number of para-hydroxylation sites is 2. The van der Waals surface area contributed by atoms with Crippen LogP contribution in [0.1, 0.15) is 10.5 Å². The Balaban J connectivity index is 1.60. The maximum Gasteiger partial charge on any atom is 0.276 e. The molecule has 136 valence electrons. The highest BCUT2D eigenvalue weighted by Crippen LogP contribution is 2.39. The van der Waals surface area contributed by atoms with E-state index in [4.69, 9.17) is 9.47 Å². The third kappa shape index (κ3) is 3.36. The highest BCUT2D eigenvalue weighted by molar-refractivity contribution is 7.22. The van der Waals surface area contributed by atoms with E-state index in [0.29, 0.717) is 27.3 Å². The van der Waals surface area contributed by atoms with Crippen LogP contribution in [0.15, 0.2) is 47.8 Å². The fraction of sp³-hybridized carbons (Fsp3) is 0.105. The number of methoxy groups -OCH3 is 2. The highest BCUT2D eigenvalue weighted by Gasteiger charge is 2.18. The minimum atomic E-state index is -0.293. The third-order valence-electron chi connectivity index (χ3n) is 3.88. The first-order valence-electron chi connectivity index (χ1n) is 8.03. The molecule has 0 aliphatic carbocycles. The van der Waals surface area contributed by atoms with E-state index >= 15 is 0 Å². The molecular formula is C19H15N3O3S2. The molecule has 0 aliphatic heterocycles. The minimum Gasteiger partial charge on any atom is -0.493 e. The number of aromatic nitrogens is 2. The molecule has 0 spiro atoms. The van der Waals surface area contributed by atoms with E-state index < -0.39 is 0 Å². The molecule has 0 saturated heterocycles. The van der Waals surface area contributed by atoms with Gasteiger partial charge in [0.15, 0.2) is 16.6 Å². The number of carbonyl (C=O) groups excluding carboxylic acids is 1. The molecule has 0 radical (unpaired) electrons. The summed E-state index contributed by atoms with van der Waals surface area (Å²) in [6.45, 7) is 0. The number of thiazole rings is 2. The highest BCUT2D eigenvalue weighted by atomic mass is 32.1. The number of hydrogen-bond donors (Lipinski definition) is 1. The topological polar surface area (TPSA) is 73.3 Å². The molecule has 0 bridgehead atoms. The number of benzene rings is 2. The lowest BCUT2D eigenvalue weighted by Gasteiger charge is -2.10. The van der Waals surface area contributed by atoms with Gasteiger partial charge in [-0.25, -0.2) is 9.97 Å². The summed E-state index contributed by atoms with van der Waals surface area (Å²) in [6, 6.07) is 13.3. The Morgan fingerprint density at radius 2 is 1.89 bits per heavy atom. The molecule has 2 heterocycles. The second kappa shape index (κ2) is 7.34. The van der Waals surface area contributed by atoms with Crippen molar-refractivity contribution in [2.24, 2.45) is 0 Å². The van der Waals surface area contributed by atoms with Gasteiger partial charge in [0.25, 0.3) is 5.91 Å². The van der Waals surface area contributed by atoms with Crippen LogP contribution in [0, 0.1) is 0 Å². The molecule has 1 N–H and O–H groups in total. The Hall–Kier alpha value is -2.97. The number of fused-ring (bicyclic) bond motifs is 1. The molecule has 0 aliphatic rings. The van der Waals surface area contributed by atoms with Crippen molar-refractivity contribution in [1.29, 1.82) is 0 Å². The summed E-state index contributed by atoms with van der Waals surface area (Å²) in [5.41, 5.74) is 1.97. The molecule has 4 aromatic rings. The Morgan fingerprint density at radius 1 is 1.04 bits per heavy atom. The van der Waals surface area contributed by atoms with Gasteiger partial charge in [-0.05, 0) is 24.3 Å². The molecule has 1 amide bonds. The Kier molecular flexibility index (Phi) is 4.74. The molecule has 0 unspecified atom stereocenters. The van der Waals surface area contributed by atoms with E-state index in [1.165, 1.54) is 22.7 Å². The Morgan fingerprint density at radius 3 is 2.67 bits per heavy atom. The van der Waals surface area contributed by atoms with E-state index in [1.807, 2.05) is 42.5 Å². The van der Waals surface area contributed by atoms with Crippen LogP contribution in [0.3, 0.4) is 0 Å². The summed E-state index contributed by atoms with van der Waals surface area (Å²) in [7, 11) is 3.16. The summed E-state index contributed by atoms with van der Waals surface area (Å²) in [4.78, 5) is 21.4. The second-order valence-corrected chi connectivity index (χ2v) is 7.41. The van der Waals surface area contributed by atoms with Crippen LogP contribution in [0.5, 0.6) is 11.5 Å². The van der Waals surface area contributed by atoms with Crippen molar-refractivity contribution in [2.75, 3.05) is 19.5 Å². The largest absolute Gasteiger partial charge is 0.493 e. The predicted octanol–water partition coefficient (Wildman–Crippen LogP) is 4.69. The van der Waals surface area contributed by atoms with Crippen LogP contribution in [-0.2, 0) is 0 Å². The van der Waals surface area contributed by atoms with Crippen LogP contribution in [0.4, 0.5) is 5.13 Å². The number of hydrogen-bond acceptors (Lipinski definition) is 7. The van der Waals surface area contributed by atoms with Gasteiger partial charge in [0.2, 0.25) is 0 Å². The molecule has 0 saturated carbocycles. The Labute approximate surface area is 163 Å². The first-order valence-corrected chi connectivity index (χ1v) is 9.73. The Bertz CT molecular complexity index is 1090. The molecule has 8 heteroatoms. The van der Waals surface area contributed by atoms with Crippen LogP contribution in [0.2, 0.25) is 0 Å². The van der Waals surface area contributed by atoms with Crippen molar-refractivity contribution in [2.45, 2.75) is 0 Å². The maximum atomic E-state index is 12.6. The molecule has 6 nitrogen and oxygen atoms in total. The van der Waals surface area contributed by atoms with Gasteiger partial charge in [-0.15, -0.1) is 11.3 Å². The average molecular weight is 397 g/mol. The van der Waals surface area contributed by atoms with Crippen molar-refractivity contribution in [3.05, 3.63) is 53.5 Å². The lowest BCUT2D eigenvalue weighted by molar-refractivity contribution is 0.102. The first kappa shape index (κ1) is 17.4. The number of anilines is 1. The molecular weight excluding hydrogens is 382 g/mol. The van der Waals surface area contributed by atoms with Crippen LogP contribution in [-0.4, -0.2) is 30.1 Å². The van der Waals surface area contributed by atoms with Crippen molar-refractivity contribution >= 4 is 43.9 Å². The van der Waals surface area contributed by atoms with Gasteiger partial charge in [-0.1, -0.05) is 29.5 Å². The average Bonchev–Trinajstić information content (AvgIpc) is 3.33. The van der Waals surface area contributed by atoms with Gasteiger partial charge >= 0.3 is 0 Å². The van der Waals surface area contributed by atoms with Crippen LogP contribution < -0.4 is 14.8 Å². The van der Waals surface area contributed by atoms with Gasteiger partial charge in [0.1, 0.15) is 10.7 Å². The van der Waals surface area contributed by atoms with Gasteiger partial charge in [0.05, 0.1) is 30.0 Å². The summed E-state index contributed by atoms with van der Waals surface area (Å²) in [5, 5.41) is 5.77. The van der Waals surface area contributed by atoms with E-state index in [0.717, 1.165) is 15.8 Å². The zero-order valence-electron chi connectivity index (χ0n) is 14.6. The molecule has 0 fully saturated rings. The molecule has 27 heavy (non-hydrogen) atoms. The van der Waals surface area contributed by atoms with Gasteiger partial charge in [-0.2, -0.15) is 0 Å². The molecule has 0 atom stereocenters. The lowest BCUT2D eigenvalue weighted by Crippen LogP contribution is -2.12. The fourth-order valence-electron chi connectivity index (χ4n) is 2.64. The van der Waals surface area contributed by atoms with Gasteiger partial charge in [-0.3, -0.25) is 10.1 Å². The van der Waals surface area contributed by atoms with E-state index in [9.17, 15) is 4.79 Å². The molecule has 2 aromatic carbocycles. The minimum absolute atomic E-state index is 0.293. The first-order chi connectivity index (χ1) is 13.2. The van der Waals surface area contributed by atoms with Gasteiger partial charge in [0, 0.05) is 5.38 Å². The summed E-state index contributed by atoms with van der Waals surface area (Å²) >= 11 is 2.80. The summed E-state index contributed by atoms with van der Waals surface area (Å²) < 4.78 is 11.8. The summed E-state index contributed by atoms with van der Waals surface area (Å²) in [6.07, 6.45) is 0. The lowest BCUT2D eigenvalue weighted by atomic mass is 10.2. The summed E-state index contributed by atoms with van der Waals surface area (Å²) in [5.74, 6) is 0.913. The normalized spacial score (nSPS) is 10.7. The van der Waals surface area contributed by atoms with Crippen molar-refractivity contribution < 1.29 is 14.3 Å². The second-order valence-electron chi connectivity index (χ2n) is 5.52. The number of rotatable bonds is 5. The third-order valence-corrected chi connectivity index (χ3v) is 5.71. The fourth-order valence-corrected chi connectivity index (χ4v) is 4.33. The monoisotopic (exact) mass is 397 g/mol. The van der Waals surface area contributed by atoms with E-state index in [2.05, 4.69) is 15.3 Å². The number of carbonyl (C=O) groups is 1. The predicted molar refractivity (Wildman–Crippen MR) is 108 cm³/mol. The van der Waals surface area contributed by atoms with Crippen LogP contribution in [0.25, 0.3) is 20.8 Å². The number of nitrogens with zero attached hydrogens (tertiary/aromatic N) is 2. The SMILES string of the molecule is COc1cccc(-c2nc(C(=O)Nc3nc4ccccc4s3)cs2)c1OC. The zero-order chi connectivity index (χ0) is 18.8. The van der Waals surface area contributed by atoms with Crippen molar-refractivity contribution in [3.63, 3.8) is 0 Å². The standard InChI is InChI=1S/C19H15N3O3S2/c1-24-14-8-5-6-11(16(14)25-2)18-20-13(10-26-18)17(23)22-19-21-12-7-3-4-9-15(12)27-19/h3-10H,1-2H3,(H,21,22,23). The van der Waals surface area contributed by atoms with Crippen molar-refractivity contribution in [1.82, 2.24) is 9.97 Å². The van der Waals surface area contributed by atoms with Crippen molar-refractivity contribution in [3.8, 4) is 22.1 Å². The smallest absolute Gasteiger partial charge is 0.276 e. The number of nitrogens with one attached hydrogen (secondary N) is 1. The zero-order valence-corrected chi connectivity index (χ0v) is 16.2. The van der Waals surface area contributed by atoms with Gasteiger partial charge < -0.3 is 9.47 Å². The van der Waals surface area contributed by atoms with Crippen LogP contribution >= 0.6 is 22.7 Å². The molecule has 4 rings (SSSR count). The van der Waals surface area contributed by atoms with E-state index in [1.54, 1.807) is 19.6 Å². The van der Waals surface area contributed by atoms with E-state index in [-0.39, 0.29) is 5.91 Å². The molecule has 2 aromatic heterocycles.